The van der Waals surface area contributed by atoms with Crippen molar-refractivity contribution in [2.75, 3.05) is 6.54 Å². The van der Waals surface area contributed by atoms with Crippen LogP contribution in [-0.4, -0.2) is 22.7 Å². The lowest BCUT2D eigenvalue weighted by molar-refractivity contribution is 0.194. The topological polar surface area (TPSA) is 99.2 Å². The van der Waals surface area contributed by atoms with Gasteiger partial charge in [-0.2, -0.15) is 5.26 Å². The molecular weight excluding hydrogens is 325 g/mol. The van der Waals surface area contributed by atoms with Gasteiger partial charge in [0.05, 0.1) is 5.56 Å². The van der Waals surface area contributed by atoms with E-state index in [-0.39, 0.29) is 35.5 Å². The molecule has 1 aromatic heterocycles. The van der Waals surface area contributed by atoms with Gasteiger partial charge in [-0.1, -0.05) is 30.3 Å². The van der Waals surface area contributed by atoms with Crippen LogP contribution in [0.1, 0.15) is 17.0 Å². The summed E-state index contributed by atoms with van der Waals surface area (Å²) in [6, 6.07) is 11.0. The Hall–Kier alpha value is -3.40. The minimum Gasteiger partial charge on any atom is -0.465 e. The Bertz CT molecular complexity index is 990. The average molecular weight is 339 g/mol. The number of oxazole rings is 1. The summed E-state index contributed by atoms with van der Waals surface area (Å²) in [6.45, 7) is 1.75. The fourth-order valence-electron chi connectivity index (χ4n) is 2.73. The van der Waals surface area contributed by atoms with Crippen molar-refractivity contribution in [2.24, 2.45) is 0 Å². The largest absolute Gasteiger partial charge is 0.465 e. The van der Waals surface area contributed by atoms with E-state index in [9.17, 15) is 10.1 Å². The van der Waals surface area contributed by atoms with E-state index in [1.165, 1.54) is 0 Å². The van der Waals surface area contributed by atoms with Gasteiger partial charge in [-0.15, -0.1) is 0 Å². The Morgan fingerprint density at radius 3 is 2.76 bits per heavy atom. The molecule has 3 rings (SSSR count). The monoisotopic (exact) mass is 339 g/mol. The molecular formula is C18H14FN3O3. The zero-order valence-corrected chi connectivity index (χ0v) is 13.3. The van der Waals surface area contributed by atoms with Crippen molar-refractivity contribution in [3.63, 3.8) is 0 Å². The second kappa shape index (κ2) is 6.61. The number of nitrogens with zero attached hydrogens (tertiary/aromatic N) is 2. The summed E-state index contributed by atoms with van der Waals surface area (Å²) < 4.78 is 20.5. The van der Waals surface area contributed by atoms with Crippen molar-refractivity contribution < 1.29 is 18.7 Å². The van der Waals surface area contributed by atoms with E-state index >= 15 is 4.39 Å². The highest BCUT2D eigenvalue weighted by atomic mass is 19.1. The lowest BCUT2D eigenvalue weighted by Gasteiger charge is -2.09. The van der Waals surface area contributed by atoms with Crippen LogP contribution in [0.25, 0.3) is 22.2 Å². The molecule has 0 saturated heterocycles. The molecule has 0 unspecified atom stereocenters. The van der Waals surface area contributed by atoms with E-state index in [4.69, 9.17) is 9.52 Å². The van der Waals surface area contributed by atoms with Crippen LogP contribution < -0.4 is 5.32 Å². The number of nitrogens with one attached hydrogen (secondary N) is 1. The molecule has 7 heteroatoms. The molecule has 0 bridgehead atoms. The van der Waals surface area contributed by atoms with Crippen molar-refractivity contribution in [1.29, 1.82) is 5.26 Å². The number of rotatable bonds is 4. The van der Waals surface area contributed by atoms with Crippen molar-refractivity contribution in [1.82, 2.24) is 10.3 Å². The van der Waals surface area contributed by atoms with Crippen LogP contribution in [0.15, 0.2) is 34.7 Å². The van der Waals surface area contributed by atoms with Gasteiger partial charge in [0.25, 0.3) is 0 Å². The SMILES string of the molecule is Cc1c(-c2ccccc2)c(F)c2oc(CCNC(=O)O)nc2c1C#N. The number of amides is 1. The highest BCUT2D eigenvalue weighted by Crippen LogP contribution is 2.35. The van der Waals surface area contributed by atoms with E-state index in [1.807, 2.05) is 6.07 Å². The van der Waals surface area contributed by atoms with Gasteiger partial charge in [0, 0.05) is 18.5 Å². The number of fused-ring (bicyclic) bond motifs is 1. The smallest absolute Gasteiger partial charge is 0.404 e. The number of benzene rings is 2. The molecule has 25 heavy (non-hydrogen) atoms. The molecule has 0 aliphatic heterocycles. The molecule has 1 amide bonds. The summed E-state index contributed by atoms with van der Waals surface area (Å²) in [7, 11) is 0. The van der Waals surface area contributed by atoms with E-state index in [2.05, 4.69) is 16.4 Å². The third-order valence-electron chi connectivity index (χ3n) is 3.87. The quantitative estimate of drug-likeness (QED) is 0.756. The number of aromatic nitrogens is 1. The number of nitriles is 1. The fraction of sp³-hybridized carbons (Fsp3) is 0.167. The molecule has 1 heterocycles. The lowest BCUT2D eigenvalue weighted by Crippen LogP contribution is -2.23. The predicted molar refractivity (Wildman–Crippen MR) is 88.6 cm³/mol. The van der Waals surface area contributed by atoms with Gasteiger partial charge in [-0.05, 0) is 18.1 Å². The Morgan fingerprint density at radius 1 is 1.40 bits per heavy atom. The maximum absolute atomic E-state index is 15.0. The number of carboxylic acid groups (broad SMARTS) is 1. The number of hydrogen-bond acceptors (Lipinski definition) is 4. The highest BCUT2D eigenvalue weighted by Gasteiger charge is 2.23. The third-order valence-corrected chi connectivity index (χ3v) is 3.87. The third kappa shape index (κ3) is 3.02. The van der Waals surface area contributed by atoms with E-state index in [1.54, 1.807) is 31.2 Å². The van der Waals surface area contributed by atoms with Crippen molar-refractivity contribution in [3.8, 4) is 17.2 Å². The van der Waals surface area contributed by atoms with Crippen LogP contribution in [0.3, 0.4) is 0 Å². The molecule has 2 N–H and O–H groups in total. The second-order valence-corrected chi connectivity index (χ2v) is 5.43. The molecule has 0 aliphatic carbocycles. The highest BCUT2D eigenvalue weighted by molar-refractivity contribution is 5.89. The summed E-state index contributed by atoms with van der Waals surface area (Å²) in [4.78, 5) is 14.7. The standard InChI is InChI=1S/C18H14FN3O3/c1-10-12(9-20)16-17(25-13(22-16)7-8-21-18(23)24)15(19)14(10)11-5-3-2-4-6-11/h2-6,21H,7-8H2,1H3,(H,23,24). The van der Waals surface area contributed by atoms with E-state index < -0.39 is 11.9 Å². The van der Waals surface area contributed by atoms with Crippen LogP contribution in [0.5, 0.6) is 0 Å². The van der Waals surface area contributed by atoms with Crippen molar-refractivity contribution >= 4 is 17.2 Å². The summed E-state index contributed by atoms with van der Waals surface area (Å²) in [6.07, 6.45) is -1.01. The Kier molecular flexibility index (Phi) is 4.35. The van der Waals surface area contributed by atoms with Gasteiger partial charge in [0.15, 0.2) is 17.3 Å². The maximum atomic E-state index is 15.0. The zero-order chi connectivity index (χ0) is 18.0. The van der Waals surface area contributed by atoms with Crippen LogP contribution in [0.2, 0.25) is 0 Å². The Balaban J connectivity index is 2.14. The Morgan fingerprint density at radius 2 is 2.12 bits per heavy atom. The number of hydrogen-bond donors (Lipinski definition) is 2. The molecule has 0 aliphatic rings. The van der Waals surface area contributed by atoms with Gasteiger partial charge in [-0.3, -0.25) is 0 Å². The first kappa shape index (κ1) is 16.5. The molecule has 3 aromatic rings. The van der Waals surface area contributed by atoms with E-state index in [0.717, 1.165) is 0 Å². The molecule has 2 aromatic carbocycles. The molecule has 0 saturated carbocycles. The van der Waals surface area contributed by atoms with Crippen molar-refractivity contribution in [3.05, 3.63) is 53.2 Å². The van der Waals surface area contributed by atoms with Gasteiger partial charge >= 0.3 is 6.09 Å². The van der Waals surface area contributed by atoms with Crippen LogP contribution in [0.4, 0.5) is 9.18 Å². The summed E-state index contributed by atoms with van der Waals surface area (Å²) >= 11 is 0. The number of carbonyl (C=O) groups is 1. The predicted octanol–water partition coefficient (Wildman–Crippen LogP) is 3.62. The Labute approximate surface area is 142 Å². The molecule has 0 atom stereocenters. The van der Waals surface area contributed by atoms with Crippen LogP contribution >= 0.6 is 0 Å². The van der Waals surface area contributed by atoms with Crippen molar-refractivity contribution in [2.45, 2.75) is 13.3 Å². The first-order valence-electron chi connectivity index (χ1n) is 7.56. The minimum atomic E-state index is -1.16. The zero-order valence-electron chi connectivity index (χ0n) is 13.3. The molecule has 6 nitrogen and oxygen atoms in total. The summed E-state index contributed by atoms with van der Waals surface area (Å²) in [5.74, 6) is -0.411. The average Bonchev–Trinajstić information content (AvgIpc) is 3.00. The molecule has 0 radical (unpaired) electrons. The van der Waals surface area contributed by atoms with Gasteiger partial charge in [-0.25, -0.2) is 14.2 Å². The van der Waals surface area contributed by atoms with Gasteiger partial charge in [0.1, 0.15) is 11.6 Å². The lowest BCUT2D eigenvalue weighted by atomic mass is 9.95. The second-order valence-electron chi connectivity index (χ2n) is 5.43. The maximum Gasteiger partial charge on any atom is 0.404 e. The van der Waals surface area contributed by atoms with Gasteiger partial charge < -0.3 is 14.8 Å². The number of halogens is 1. The summed E-state index contributed by atoms with van der Waals surface area (Å²) in [5, 5.41) is 20.3. The minimum absolute atomic E-state index is 0.0795. The van der Waals surface area contributed by atoms with Crippen LogP contribution in [0, 0.1) is 24.1 Å². The molecule has 0 fully saturated rings. The van der Waals surface area contributed by atoms with Crippen LogP contribution in [-0.2, 0) is 6.42 Å². The first-order valence-corrected chi connectivity index (χ1v) is 7.56. The van der Waals surface area contributed by atoms with Gasteiger partial charge in [0.2, 0.25) is 0 Å². The first-order chi connectivity index (χ1) is 12.0. The normalized spacial score (nSPS) is 10.6. The summed E-state index contributed by atoms with van der Waals surface area (Å²) in [5.41, 5.74) is 1.74. The molecule has 0 spiro atoms. The van der Waals surface area contributed by atoms with E-state index in [0.29, 0.717) is 16.7 Å². The fourth-order valence-corrected chi connectivity index (χ4v) is 2.73. The molecule has 126 valence electrons.